The van der Waals surface area contributed by atoms with E-state index in [4.69, 9.17) is 95.4 Å². The Morgan fingerprint density at radius 3 is 1.27 bits per heavy atom. The number of unbranched alkanes of at least 4 members (excludes halogenated alkanes) is 2. The van der Waals surface area contributed by atoms with Gasteiger partial charge in [-0.2, -0.15) is 0 Å². The van der Waals surface area contributed by atoms with Crippen LogP contribution < -0.4 is 42.5 Å². The molecule has 6 aliphatic heterocycles. The van der Waals surface area contributed by atoms with E-state index in [-0.39, 0.29) is 5.41 Å². The van der Waals surface area contributed by atoms with E-state index >= 15 is 0 Å². The molecular weight excluding hydrogens is 1700 g/mol. The first-order valence-corrected chi connectivity index (χ1v) is 46.8. The standard InChI is InChI=1S/C27H32N6S.C26H29ClN6S.C24H28N6S.C24H27N5S/c1-17-4-8-22-24(14-17)30-25(34)15-20-16-28-27(32-26(20)22)31-23-9-7-21(29-18(23)2)6-5-19-10-12-33(3)13-11-19;1-15-21(9-16(12-28-15)20-7-8-33(4)14-26(20,2)3)31-25-29-13-17-10-23(34)30-22-11-18(27)5-6-19(22)24(17)32-25;1-15-7-9-19-21(12-15)27-22(31)13-17-14-25-24(29-23(17)19)28-20-10-8-18(26-16(20)2)6-5-11-30(3)4;1-4-5-6-7-17-11-20(16(3)25-13-17)28-24-26-14-18-12-22(30)27-21-10-15(2)8-9-19(21)23(18)29-24/h4,7-9,14,16,19H,5-6,10-13,15H2,1-3H3,(H,30,34)(H,28,31,32);5-6,9,11-13,20H,7-8,10,14H2,1-4H3,(H,30,34)(H,29,31,32);7-10,12,14H,5-6,11,13H2,1-4H3,(H,27,31)(H,25,28,29);8-11,13-14H,4-7,12H2,1-3H3,(H,27,30)(H,26,28,29). The molecule has 0 spiro atoms. The highest BCUT2D eigenvalue weighted by atomic mass is 35.5. The molecule has 129 heavy (non-hydrogen) atoms. The Bertz CT molecular complexity index is 6190. The number of hydrogen-bond acceptors (Lipinski definition) is 23. The second kappa shape index (κ2) is 41.7. The molecule has 4 aromatic carbocycles. The zero-order valence-corrected chi connectivity index (χ0v) is 80.4. The number of nitrogens with zero attached hydrogens (tertiary/aromatic N) is 15. The average molecular weight is 1820 g/mol. The summed E-state index contributed by atoms with van der Waals surface area (Å²) in [6.45, 7) is 26.9. The zero-order valence-electron chi connectivity index (χ0n) is 76.4. The third-order valence-electron chi connectivity index (χ3n) is 24.6. The van der Waals surface area contributed by atoms with Crippen molar-refractivity contribution in [1.82, 2.24) is 74.5 Å². The predicted octanol–water partition coefficient (Wildman–Crippen LogP) is 22.1. The van der Waals surface area contributed by atoms with Crippen LogP contribution in [-0.2, 0) is 44.9 Å². The summed E-state index contributed by atoms with van der Waals surface area (Å²) in [6, 6.07) is 37.4. The summed E-state index contributed by atoms with van der Waals surface area (Å²) in [6.07, 6.45) is 26.7. The minimum Gasteiger partial charge on any atom is -0.349 e. The summed E-state index contributed by atoms with van der Waals surface area (Å²) in [5, 5.41) is 27.6. The summed E-state index contributed by atoms with van der Waals surface area (Å²) in [5.74, 6) is 3.51. The van der Waals surface area contributed by atoms with Gasteiger partial charge in [0.2, 0.25) is 23.8 Å². The molecule has 1 unspecified atom stereocenters. The number of halogens is 1. The Balaban J connectivity index is 0.000000132. The van der Waals surface area contributed by atoms with Crippen LogP contribution in [0.15, 0.2) is 146 Å². The first kappa shape index (κ1) is 92.4. The van der Waals surface area contributed by atoms with E-state index in [1.54, 1.807) is 0 Å². The zero-order chi connectivity index (χ0) is 90.7. The van der Waals surface area contributed by atoms with Gasteiger partial charge >= 0.3 is 0 Å². The number of rotatable bonds is 20. The number of anilines is 12. The third-order valence-corrected chi connectivity index (χ3v) is 25.8. The van der Waals surface area contributed by atoms with Gasteiger partial charge in [-0.1, -0.05) is 130 Å². The molecule has 666 valence electrons. The molecule has 0 saturated carbocycles. The van der Waals surface area contributed by atoms with Crippen LogP contribution in [0.5, 0.6) is 0 Å². The maximum absolute atomic E-state index is 6.23. The number of piperidine rings is 2. The lowest BCUT2D eigenvalue weighted by molar-refractivity contribution is 0.114. The van der Waals surface area contributed by atoms with Crippen molar-refractivity contribution in [3.63, 3.8) is 0 Å². The minimum absolute atomic E-state index is 0.179. The minimum atomic E-state index is 0.179. The van der Waals surface area contributed by atoms with Crippen molar-refractivity contribution in [2.24, 2.45) is 11.3 Å². The van der Waals surface area contributed by atoms with Crippen LogP contribution in [0.2, 0.25) is 5.02 Å². The Kier molecular flexibility index (Phi) is 29.9. The van der Waals surface area contributed by atoms with Crippen molar-refractivity contribution in [2.75, 3.05) is 103 Å². The number of fused-ring (bicyclic) bond motifs is 12. The topological polar surface area (TPSA) is 261 Å². The molecule has 8 aromatic heterocycles. The summed E-state index contributed by atoms with van der Waals surface area (Å²) in [7, 11) is 8.60. The SMILES string of the molecule is CCCCCc1cnc(C)c(Nc2ncc3c(n2)-c2ccc(C)cc2NC(=S)C3)c1.Cc1ccc2c(c1)NC(=S)Cc1cnc(Nc3ccc(CCC4CCN(C)CC4)nc3C)nc1-2.Cc1ccc2c(c1)NC(=S)Cc1cnc(Nc3ccc(CCCN(C)C)nc3C)nc1-2.Cc1ncc(C2CCN(C)CC2(C)C)cc1Nc1ncc2c(n1)-c1ccc(Cl)cc1NC(=S)C2. The van der Waals surface area contributed by atoms with Gasteiger partial charge in [0, 0.05) is 153 Å². The molecule has 0 radical (unpaired) electrons. The summed E-state index contributed by atoms with van der Waals surface area (Å²) >= 11 is 28.3. The number of aromatic nitrogens is 12. The monoisotopic (exact) mass is 1810 g/mol. The van der Waals surface area contributed by atoms with E-state index in [2.05, 4.69) is 243 Å². The van der Waals surface area contributed by atoms with Gasteiger partial charge in [0.25, 0.3) is 0 Å². The quantitative estimate of drug-likeness (QED) is 0.0260. The molecule has 1 atom stereocenters. The van der Waals surface area contributed by atoms with E-state index in [0.29, 0.717) is 60.4 Å². The number of aryl methyl sites for hydroxylation is 10. The highest BCUT2D eigenvalue weighted by Gasteiger charge is 2.37. The predicted molar refractivity (Wildman–Crippen MR) is 545 cm³/mol. The Hall–Kier alpha value is -11.3. The summed E-state index contributed by atoms with van der Waals surface area (Å²) in [5.41, 5.74) is 31.6. The Morgan fingerprint density at radius 1 is 0.426 bits per heavy atom. The summed E-state index contributed by atoms with van der Waals surface area (Å²) in [4.78, 5) is 66.8. The number of nitrogens with one attached hydrogen (secondary N) is 8. The lowest BCUT2D eigenvalue weighted by Gasteiger charge is -2.43. The second-order valence-electron chi connectivity index (χ2n) is 36.0. The Labute approximate surface area is 785 Å². The lowest BCUT2D eigenvalue weighted by atomic mass is 9.71. The normalized spacial score (nSPS) is 15.5. The highest BCUT2D eigenvalue weighted by molar-refractivity contribution is 7.81. The maximum atomic E-state index is 6.23. The fourth-order valence-electron chi connectivity index (χ4n) is 17.6. The molecule has 0 aliphatic carbocycles. The van der Waals surface area contributed by atoms with Gasteiger partial charge in [-0.15, -0.1) is 0 Å². The number of pyridine rings is 4. The Morgan fingerprint density at radius 2 is 0.837 bits per heavy atom. The largest absolute Gasteiger partial charge is 0.349 e. The number of thiocarbonyl (C=S) groups is 4. The van der Waals surface area contributed by atoms with Gasteiger partial charge in [-0.05, 0) is 278 Å². The number of benzene rings is 4. The number of likely N-dealkylation sites (tertiary alicyclic amines) is 2. The van der Waals surface area contributed by atoms with Crippen LogP contribution in [0.25, 0.3) is 45.0 Å². The van der Waals surface area contributed by atoms with E-state index in [1.165, 1.54) is 79.4 Å². The molecule has 2 saturated heterocycles. The molecule has 0 amide bonds. The smallest absolute Gasteiger partial charge is 0.227 e. The van der Waals surface area contributed by atoms with Crippen molar-refractivity contribution in [3.05, 3.63) is 236 Å². The maximum Gasteiger partial charge on any atom is 0.227 e. The fraction of sp³-hybridized carbons (Fsp3) is 0.366. The van der Waals surface area contributed by atoms with Crippen molar-refractivity contribution in [2.45, 2.75) is 171 Å². The van der Waals surface area contributed by atoms with Crippen molar-refractivity contribution < 1.29 is 0 Å². The third kappa shape index (κ3) is 23.7. The average Bonchev–Trinajstić information content (AvgIpc) is 1.77. The van der Waals surface area contributed by atoms with Gasteiger partial charge < -0.3 is 57.2 Å². The first-order valence-electron chi connectivity index (χ1n) is 44.8. The second-order valence-corrected chi connectivity index (χ2v) is 38.4. The molecular formula is C101H116ClN23S4. The van der Waals surface area contributed by atoms with Crippen LogP contribution in [0.3, 0.4) is 0 Å². The van der Waals surface area contributed by atoms with Crippen LogP contribution in [0.4, 0.5) is 69.3 Å². The number of hydrogen-bond donors (Lipinski definition) is 8. The highest BCUT2D eigenvalue weighted by Crippen LogP contribution is 2.45. The lowest BCUT2D eigenvalue weighted by Crippen LogP contribution is -2.42. The van der Waals surface area contributed by atoms with Crippen LogP contribution >= 0.6 is 60.5 Å². The van der Waals surface area contributed by atoms with E-state index in [9.17, 15) is 0 Å². The molecule has 0 bridgehead atoms. The fourth-order valence-corrected chi connectivity index (χ4v) is 18.8. The van der Waals surface area contributed by atoms with Gasteiger partial charge in [0.15, 0.2) is 0 Å². The molecule has 8 N–H and O–H groups in total. The van der Waals surface area contributed by atoms with Gasteiger partial charge in [-0.3, -0.25) is 19.9 Å². The molecule has 23 nitrogen and oxygen atoms in total. The first-order chi connectivity index (χ1) is 62.0. The molecule has 14 heterocycles. The van der Waals surface area contributed by atoms with Gasteiger partial charge in [0.05, 0.1) is 88.3 Å². The van der Waals surface area contributed by atoms with E-state index < -0.39 is 0 Å². The van der Waals surface area contributed by atoms with Crippen LogP contribution in [0.1, 0.15) is 162 Å². The molecule has 12 aromatic rings. The molecule has 28 heteroatoms. The molecule has 2 fully saturated rings. The van der Waals surface area contributed by atoms with Crippen LogP contribution in [0, 0.1) is 59.8 Å². The molecule has 18 rings (SSSR count). The van der Waals surface area contributed by atoms with Crippen molar-refractivity contribution >= 4 is 150 Å². The van der Waals surface area contributed by atoms with Gasteiger partial charge in [0.1, 0.15) is 0 Å². The van der Waals surface area contributed by atoms with E-state index in [0.717, 1.165) is 225 Å². The molecule has 6 aliphatic rings. The summed E-state index contributed by atoms with van der Waals surface area (Å²) < 4.78 is 0. The van der Waals surface area contributed by atoms with Crippen molar-refractivity contribution in [1.29, 1.82) is 0 Å². The van der Waals surface area contributed by atoms with Crippen molar-refractivity contribution in [3.8, 4) is 45.0 Å². The van der Waals surface area contributed by atoms with Gasteiger partial charge in [-0.25, -0.2) is 39.9 Å². The van der Waals surface area contributed by atoms with Crippen LogP contribution in [-0.4, -0.2) is 155 Å². The van der Waals surface area contributed by atoms with E-state index in [1.807, 2.05) is 83.1 Å².